The van der Waals surface area contributed by atoms with E-state index in [0.717, 1.165) is 38.9 Å². The van der Waals surface area contributed by atoms with Crippen LogP contribution in [0.2, 0.25) is 0 Å². The Morgan fingerprint density at radius 1 is 1.53 bits per heavy atom. The first-order valence-electron chi connectivity index (χ1n) is 6.58. The zero-order valence-electron chi connectivity index (χ0n) is 11.1. The minimum atomic E-state index is -0.102. The van der Waals surface area contributed by atoms with Crippen LogP contribution in [0.4, 0.5) is 0 Å². The van der Waals surface area contributed by atoms with E-state index in [1.807, 2.05) is 6.92 Å². The van der Waals surface area contributed by atoms with Gasteiger partial charge < -0.3 is 14.7 Å². The van der Waals surface area contributed by atoms with Crippen LogP contribution in [0.1, 0.15) is 39.5 Å². The third-order valence-corrected chi connectivity index (χ3v) is 3.40. The first-order chi connectivity index (χ1) is 8.09. The van der Waals surface area contributed by atoms with Gasteiger partial charge in [0.15, 0.2) is 0 Å². The largest absolute Gasteiger partial charge is 0.466 e. The highest BCUT2D eigenvalue weighted by Crippen LogP contribution is 2.28. The molecular formula is C13H25NO3. The quantitative estimate of drug-likeness (QED) is 0.717. The lowest BCUT2D eigenvalue weighted by Gasteiger charge is -2.39. The number of carbonyl (C=O) groups excluding carboxylic acids is 1. The molecule has 4 nitrogen and oxygen atoms in total. The number of nitrogens with zero attached hydrogens (tertiary/aromatic N) is 1. The molecule has 0 aromatic heterocycles. The number of hydrogen-bond donors (Lipinski definition) is 1. The Labute approximate surface area is 104 Å². The second-order valence-electron chi connectivity index (χ2n) is 5.26. The summed E-state index contributed by atoms with van der Waals surface area (Å²) in [6.45, 7) is 7.62. The number of hydrogen-bond acceptors (Lipinski definition) is 4. The Morgan fingerprint density at radius 3 is 2.94 bits per heavy atom. The number of ether oxygens (including phenoxy) is 1. The maximum atomic E-state index is 11.2. The van der Waals surface area contributed by atoms with Crippen molar-refractivity contribution in [3.8, 4) is 0 Å². The average molecular weight is 243 g/mol. The summed E-state index contributed by atoms with van der Waals surface area (Å²) in [5.41, 5.74) is 0.0438. The van der Waals surface area contributed by atoms with E-state index >= 15 is 0 Å². The number of aliphatic hydroxyl groups is 1. The van der Waals surface area contributed by atoms with E-state index in [1.54, 1.807) is 0 Å². The van der Waals surface area contributed by atoms with E-state index in [0.29, 0.717) is 13.0 Å². The van der Waals surface area contributed by atoms with Gasteiger partial charge in [-0.05, 0) is 39.3 Å². The van der Waals surface area contributed by atoms with Crippen LogP contribution in [-0.2, 0) is 9.53 Å². The van der Waals surface area contributed by atoms with Gasteiger partial charge in [-0.15, -0.1) is 0 Å². The molecule has 0 radical (unpaired) electrons. The molecule has 1 atom stereocenters. The fourth-order valence-corrected chi connectivity index (χ4v) is 2.43. The van der Waals surface area contributed by atoms with Crippen molar-refractivity contribution in [2.24, 2.45) is 5.41 Å². The standard InChI is InChI=1S/C13H25NO3/c1-3-17-12(16)6-4-8-14-9-5-7-13(2,10-14)11-15/h15H,3-11H2,1-2H3. The van der Waals surface area contributed by atoms with Crippen molar-refractivity contribution in [2.45, 2.75) is 39.5 Å². The third-order valence-electron chi connectivity index (χ3n) is 3.40. The summed E-state index contributed by atoms with van der Waals surface area (Å²) >= 11 is 0. The fraction of sp³-hybridized carbons (Fsp3) is 0.923. The first kappa shape index (κ1) is 14.5. The smallest absolute Gasteiger partial charge is 0.305 e. The molecule has 4 heteroatoms. The average Bonchev–Trinajstić information content (AvgIpc) is 2.30. The molecular weight excluding hydrogens is 218 g/mol. The molecule has 1 heterocycles. The Balaban J connectivity index is 2.21. The maximum absolute atomic E-state index is 11.2. The third kappa shape index (κ3) is 5.04. The predicted molar refractivity (Wildman–Crippen MR) is 66.7 cm³/mol. The molecule has 1 saturated heterocycles. The van der Waals surface area contributed by atoms with E-state index in [2.05, 4.69) is 11.8 Å². The number of carbonyl (C=O) groups is 1. The molecule has 0 spiro atoms. The Bertz CT molecular complexity index is 245. The minimum absolute atomic E-state index is 0.0438. The molecule has 0 amide bonds. The van der Waals surface area contributed by atoms with Crippen LogP contribution in [-0.4, -0.2) is 48.8 Å². The molecule has 1 aliphatic rings. The van der Waals surface area contributed by atoms with Gasteiger partial charge in [0, 0.05) is 25.0 Å². The fourth-order valence-electron chi connectivity index (χ4n) is 2.43. The second-order valence-corrected chi connectivity index (χ2v) is 5.26. The van der Waals surface area contributed by atoms with Crippen molar-refractivity contribution in [2.75, 3.05) is 32.8 Å². The zero-order valence-corrected chi connectivity index (χ0v) is 11.1. The van der Waals surface area contributed by atoms with Crippen molar-refractivity contribution in [3.63, 3.8) is 0 Å². The summed E-state index contributed by atoms with van der Waals surface area (Å²) in [7, 11) is 0. The van der Waals surface area contributed by atoms with Crippen LogP contribution in [0.5, 0.6) is 0 Å². The predicted octanol–water partition coefficient (Wildman–Crippen LogP) is 1.42. The summed E-state index contributed by atoms with van der Waals surface area (Å²) < 4.78 is 4.90. The normalized spacial score (nSPS) is 25.8. The minimum Gasteiger partial charge on any atom is -0.466 e. The van der Waals surface area contributed by atoms with Crippen LogP contribution in [0.15, 0.2) is 0 Å². The van der Waals surface area contributed by atoms with E-state index < -0.39 is 0 Å². The Hall–Kier alpha value is -0.610. The lowest BCUT2D eigenvalue weighted by molar-refractivity contribution is -0.143. The van der Waals surface area contributed by atoms with E-state index in [-0.39, 0.29) is 18.0 Å². The second kappa shape index (κ2) is 6.97. The highest BCUT2D eigenvalue weighted by atomic mass is 16.5. The van der Waals surface area contributed by atoms with Gasteiger partial charge in [-0.3, -0.25) is 4.79 Å². The zero-order chi connectivity index (χ0) is 12.7. The van der Waals surface area contributed by atoms with Gasteiger partial charge in [-0.2, -0.15) is 0 Å². The van der Waals surface area contributed by atoms with Gasteiger partial charge in [-0.1, -0.05) is 6.92 Å². The van der Waals surface area contributed by atoms with E-state index in [4.69, 9.17) is 4.74 Å². The van der Waals surface area contributed by atoms with Crippen molar-refractivity contribution >= 4 is 5.97 Å². The summed E-state index contributed by atoms with van der Waals surface area (Å²) in [5.74, 6) is -0.102. The van der Waals surface area contributed by atoms with Crippen LogP contribution >= 0.6 is 0 Å². The van der Waals surface area contributed by atoms with Crippen LogP contribution < -0.4 is 0 Å². The summed E-state index contributed by atoms with van der Waals surface area (Å²) in [4.78, 5) is 13.5. The number of aliphatic hydroxyl groups excluding tert-OH is 1. The van der Waals surface area contributed by atoms with Gasteiger partial charge in [0.2, 0.25) is 0 Å². The van der Waals surface area contributed by atoms with Crippen LogP contribution in [0.25, 0.3) is 0 Å². The highest BCUT2D eigenvalue weighted by molar-refractivity contribution is 5.69. The van der Waals surface area contributed by atoms with Crippen LogP contribution in [0.3, 0.4) is 0 Å². The van der Waals surface area contributed by atoms with Crippen molar-refractivity contribution < 1.29 is 14.6 Å². The van der Waals surface area contributed by atoms with Crippen molar-refractivity contribution in [3.05, 3.63) is 0 Å². The lowest BCUT2D eigenvalue weighted by Crippen LogP contribution is -2.43. The van der Waals surface area contributed by atoms with Gasteiger partial charge in [0.05, 0.1) is 6.61 Å². The molecule has 0 aromatic carbocycles. The summed E-state index contributed by atoms with van der Waals surface area (Å²) in [6.07, 6.45) is 3.58. The Kier molecular flexibility index (Phi) is 5.92. The topological polar surface area (TPSA) is 49.8 Å². The molecule has 1 unspecified atom stereocenters. The van der Waals surface area contributed by atoms with Crippen molar-refractivity contribution in [1.29, 1.82) is 0 Å². The highest BCUT2D eigenvalue weighted by Gasteiger charge is 2.29. The van der Waals surface area contributed by atoms with Gasteiger partial charge in [0.1, 0.15) is 0 Å². The molecule has 1 fully saturated rings. The summed E-state index contributed by atoms with van der Waals surface area (Å²) in [5, 5.41) is 9.35. The molecule has 0 aliphatic carbocycles. The Morgan fingerprint density at radius 2 is 2.29 bits per heavy atom. The van der Waals surface area contributed by atoms with E-state index in [1.165, 1.54) is 0 Å². The number of piperidine rings is 1. The molecule has 1 rings (SSSR count). The molecule has 17 heavy (non-hydrogen) atoms. The SMILES string of the molecule is CCOC(=O)CCCN1CCCC(C)(CO)C1. The number of likely N-dealkylation sites (tertiary alicyclic amines) is 1. The van der Waals surface area contributed by atoms with Crippen molar-refractivity contribution in [1.82, 2.24) is 4.90 Å². The van der Waals surface area contributed by atoms with E-state index in [9.17, 15) is 9.90 Å². The molecule has 1 N–H and O–H groups in total. The van der Waals surface area contributed by atoms with Crippen LogP contribution in [0, 0.1) is 5.41 Å². The number of esters is 1. The molecule has 0 bridgehead atoms. The number of rotatable bonds is 6. The maximum Gasteiger partial charge on any atom is 0.305 e. The van der Waals surface area contributed by atoms with Gasteiger partial charge in [-0.25, -0.2) is 0 Å². The summed E-state index contributed by atoms with van der Waals surface area (Å²) in [6, 6.07) is 0. The molecule has 0 aromatic rings. The molecule has 0 saturated carbocycles. The molecule has 100 valence electrons. The van der Waals surface area contributed by atoms with Gasteiger partial charge >= 0.3 is 5.97 Å². The molecule has 1 aliphatic heterocycles. The monoisotopic (exact) mass is 243 g/mol. The van der Waals surface area contributed by atoms with Gasteiger partial charge in [0.25, 0.3) is 0 Å². The first-order valence-corrected chi connectivity index (χ1v) is 6.58. The lowest BCUT2D eigenvalue weighted by atomic mass is 9.83.